The number of carbonyl (C=O) groups is 1. The molecule has 27 heavy (non-hydrogen) atoms. The quantitative estimate of drug-likeness (QED) is 0.602. The largest absolute Gasteiger partial charge is 0.352 e. The molecule has 0 spiro atoms. The van der Waals surface area contributed by atoms with Crippen LogP contribution in [0.1, 0.15) is 15.2 Å². The van der Waals surface area contributed by atoms with Crippen LogP contribution in [0.15, 0.2) is 70.9 Å². The SMILES string of the molecule is O=C(NCCc1cccs1)c1ccc(S(=O)(=O)Nc2ccc(Cl)cc2)cc1. The Morgan fingerprint density at radius 3 is 2.33 bits per heavy atom. The second-order valence-electron chi connectivity index (χ2n) is 5.72. The zero-order valence-electron chi connectivity index (χ0n) is 14.2. The summed E-state index contributed by atoms with van der Waals surface area (Å²) < 4.78 is 27.3. The molecule has 0 fully saturated rings. The summed E-state index contributed by atoms with van der Waals surface area (Å²) in [4.78, 5) is 13.4. The summed E-state index contributed by atoms with van der Waals surface area (Å²) >= 11 is 7.44. The van der Waals surface area contributed by atoms with E-state index in [1.807, 2.05) is 17.5 Å². The van der Waals surface area contributed by atoms with Gasteiger partial charge >= 0.3 is 0 Å². The van der Waals surface area contributed by atoms with Crippen molar-refractivity contribution in [3.8, 4) is 0 Å². The van der Waals surface area contributed by atoms with Gasteiger partial charge in [-0.15, -0.1) is 11.3 Å². The lowest BCUT2D eigenvalue weighted by molar-refractivity contribution is 0.0954. The van der Waals surface area contributed by atoms with Crippen molar-refractivity contribution in [2.24, 2.45) is 0 Å². The van der Waals surface area contributed by atoms with Crippen molar-refractivity contribution >= 4 is 44.6 Å². The lowest BCUT2D eigenvalue weighted by atomic mass is 10.2. The van der Waals surface area contributed by atoms with E-state index in [9.17, 15) is 13.2 Å². The minimum atomic E-state index is -3.74. The van der Waals surface area contributed by atoms with Crippen LogP contribution in [0.4, 0.5) is 5.69 Å². The van der Waals surface area contributed by atoms with Crippen molar-refractivity contribution in [2.45, 2.75) is 11.3 Å². The molecule has 1 heterocycles. The van der Waals surface area contributed by atoms with E-state index < -0.39 is 10.0 Å². The van der Waals surface area contributed by atoms with Gasteiger partial charge in [-0.25, -0.2) is 8.42 Å². The Balaban J connectivity index is 1.61. The third-order valence-corrected chi connectivity index (χ3v) is 6.35. The molecule has 0 saturated heterocycles. The monoisotopic (exact) mass is 420 g/mol. The molecular weight excluding hydrogens is 404 g/mol. The molecule has 0 saturated carbocycles. The summed E-state index contributed by atoms with van der Waals surface area (Å²) in [5, 5.41) is 5.35. The Kier molecular flexibility index (Phi) is 6.15. The third kappa shape index (κ3) is 5.32. The van der Waals surface area contributed by atoms with Crippen LogP contribution in [0.3, 0.4) is 0 Å². The first-order valence-electron chi connectivity index (χ1n) is 8.13. The number of anilines is 1. The Morgan fingerprint density at radius 1 is 1.00 bits per heavy atom. The van der Waals surface area contributed by atoms with E-state index >= 15 is 0 Å². The van der Waals surface area contributed by atoms with Crippen LogP contribution in [0, 0.1) is 0 Å². The van der Waals surface area contributed by atoms with E-state index in [-0.39, 0.29) is 10.8 Å². The predicted molar refractivity (Wildman–Crippen MR) is 109 cm³/mol. The number of nitrogens with one attached hydrogen (secondary N) is 2. The highest BCUT2D eigenvalue weighted by atomic mass is 35.5. The average molecular weight is 421 g/mol. The normalized spacial score (nSPS) is 11.1. The Hall–Kier alpha value is -2.35. The van der Waals surface area contributed by atoms with Gasteiger partial charge in [0.25, 0.3) is 15.9 Å². The summed E-state index contributed by atoms with van der Waals surface area (Å²) in [5.74, 6) is -0.235. The van der Waals surface area contributed by atoms with Gasteiger partial charge in [0, 0.05) is 27.7 Å². The number of hydrogen-bond donors (Lipinski definition) is 2. The molecule has 3 aromatic rings. The van der Waals surface area contributed by atoms with Crippen molar-refractivity contribution in [3.05, 3.63) is 81.5 Å². The highest BCUT2D eigenvalue weighted by Crippen LogP contribution is 2.19. The minimum Gasteiger partial charge on any atom is -0.352 e. The van der Waals surface area contributed by atoms with E-state index in [0.29, 0.717) is 22.8 Å². The second-order valence-corrected chi connectivity index (χ2v) is 8.87. The third-order valence-electron chi connectivity index (χ3n) is 3.76. The van der Waals surface area contributed by atoms with E-state index in [4.69, 9.17) is 11.6 Å². The molecule has 2 N–H and O–H groups in total. The van der Waals surface area contributed by atoms with Crippen LogP contribution in [-0.2, 0) is 16.4 Å². The minimum absolute atomic E-state index is 0.0765. The average Bonchev–Trinajstić information content (AvgIpc) is 3.17. The fourth-order valence-corrected chi connectivity index (χ4v) is 4.27. The van der Waals surface area contributed by atoms with Gasteiger partial charge in [0.15, 0.2) is 0 Å². The molecular formula is C19H17ClN2O3S2. The van der Waals surface area contributed by atoms with Crippen molar-refractivity contribution in [2.75, 3.05) is 11.3 Å². The molecule has 1 amide bonds. The van der Waals surface area contributed by atoms with Crippen LogP contribution >= 0.6 is 22.9 Å². The maximum atomic E-state index is 12.4. The molecule has 0 atom stereocenters. The van der Waals surface area contributed by atoms with Crippen molar-refractivity contribution in [3.63, 3.8) is 0 Å². The topological polar surface area (TPSA) is 75.3 Å². The van der Waals surface area contributed by atoms with Gasteiger partial charge in [0.1, 0.15) is 0 Å². The Morgan fingerprint density at radius 2 is 1.70 bits per heavy atom. The number of carbonyl (C=O) groups excluding carboxylic acids is 1. The Bertz CT molecular complexity index is 1000. The summed E-state index contributed by atoms with van der Waals surface area (Å²) in [7, 11) is -3.74. The summed E-state index contributed by atoms with van der Waals surface area (Å²) in [5.41, 5.74) is 0.821. The first-order valence-corrected chi connectivity index (χ1v) is 10.9. The molecule has 140 valence electrons. The highest BCUT2D eigenvalue weighted by molar-refractivity contribution is 7.92. The van der Waals surface area contributed by atoms with Crippen LogP contribution in [0.5, 0.6) is 0 Å². The van der Waals surface area contributed by atoms with Crippen molar-refractivity contribution < 1.29 is 13.2 Å². The number of benzene rings is 2. The van der Waals surface area contributed by atoms with Gasteiger partial charge in [-0.1, -0.05) is 17.7 Å². The lowest BCUT2D eigenvalue weighted by Crippen LogP contribution is -2.25. The fourth-order valence-electron chi connectivity index (χ4n) is 2.37. The molecule has 0 aliphatic carbocycles. The smallest absolute Gasteiger partial charge is 0.261 e. The number of sulfonamides is 1. The van der Waals surface area contributed by atoms with Crippen LogP contribution in [0.2, 0.25) is 5.02 Å². The molecule has 2 aromatic carbocycles. The standard InChI is InChI=1S/C19H17ClN2O3S2/c20-15-5-7-16(8-6-15)22-27(24,25)18-9-3-14(4-10-18)19(23)21-12-11-17-2-1-13-26-17/h1-10,13,22H,11-12H2,(H,21,23). The van der Waals surface area contributed by atoms with Gasteiger partial charge in [0.05, 0.1) is 4.90 Å². The zero-order chi connectivity index (χ0) is 19.3. The number of hydrogen-bond acceptors (Lipinski definition) is 4. The number of rotatable bonds is 7. The number of amides is 1. The van der Waals surface area contributed by atoms with Gasteiger partial charge < -0.3 is 5.32 Å². The van der Waals surface area contributed by atoms with Crippen molar-refractivity contribution in [1.29, 1.82) is 0 Å². The van der Waals surface area contributed by atoms with Gasteiger partial charge in [-0.2, -0.15) is 0 Å². The van der Waals surface area contributed by atoms with Crippen LogP contribution in [0.25, 0.3) is 0 Å². The molecule has 0 unspecified atom stereocenters. The summed E-state index contributed by atoms with van der Waals surface area (Å²) in [6, 6.07) is 16.2. The van der Waals surface area contributed by atoms with E-state index in [1.165, 1.54) is 29.1 Å². The molecule has 8 heteroatoms. The van der Waals surface area contributed by atoms with Gasteiger partial charge in [-0.05, 0) is 66.4 Å². The maximum Gasteiger partial charge on any atom is 0.261 e. The van der Waals surface area contributed by atoms with Crippen LogP contribution < -0.4 is 10.0 Å². The van der Waals surface area contributed by atoms with E-state index in [2.05, 4.69) is 10.0 Å². The Labute approximate surface area is 167 Å². The summed E-state index contributed by atoms with van der Waals surface area (Å²) in [6.45, 7) is 0.525. The molecule has 0 aliphatic rings. The molecule has 5 nitrogen and oxygen atoms in total. The first kappa shape index (κ1) is 19.4. The molecule has 0 aliphatic heterocycles. The lowest BCUT2D eigenvalue weighted by Gasteiger charge is -2.09. The van der Waals surface area contributed by atoms with Crippen molar-refractivity contribution in [1.82, 2.24) is 5.32 Å². The molecule has 0 bridgehead atoms. The fraction of sp³-hybridized carbons (Fsp3) is 0.105. The van der Waals surface area contributed by atoms with Crippen LogP contribution in [-0.4, -0.2) is 20.9 Å². The second kappa shape index (κ2) is 8.56. The van der Waals surface area contributed by atoms with E-state index in [1.54, 1.807) is 35.6 Å². The van der Waals surface area contributed by atoms with E-state index in [0.717, 1.165) is 6.42 Å². The highest BCUT2D eigenvalue weighted by Gasteiger charge is 2.15. The van der Waals surface area contributed by atoms with Gasteiger partial charge in [0.2, 0.25) is 0 Å². The first-order chi connectivity index (χ1) is 12.9. The maximum absolute atomic E-state index is 12.4. The number of halogens is 1. The molecule has 3 rings (SSSR count). The predicted octanol–water partition coefficient (Wildman–Crippen LogP) is 4.17. The summed E-state index contributed by atoms with van der Waals surface area (Å²) in [6.07, 6.45) is 0.765. The molecule has 1 aromatic heterocycles. The van der Waals surface area contributed by atoms with Gasteiger partial charge in [-0.3, -0.25) is 9.52 Å². The molecule has 0 radical (unpaired) electrons. The zero-order valence-corrected chi connectivity index (χ0v) is 16.6. The number of thiophene rings is 1.